The van der Waals surface area contributed by atoms with Gasteiger partial charge in [0.2, 0.25) is 5.91 Å². The molecule has 33 heavy (non-hydrogen) atoms. The molecule has 3 heterocycles. The summed E-state index contributed by atoms with van der Waals surface area (Å²) in [5, 5.41) is 6.74. The van der Waals surface area contributed by atoms with Crippen LogP contribution in [0.4, 0.5) is 28.5 Å². The summed E-state index contributed by atoms with van der Waals surface area (Å²) >= 11 is 7.17. The van der Waals surface area contributed by atoms with Gasteiger partial charge in [-0.25, -0.2) is 14.4 Å². The van der Waals surface area contributed by atoms with Gasteiger partial charge in [0.25, 0.3) is 5.91 Å². The van der Waals surface area contributed by atoms with E-state index in [2.05, 4.69) is 20.6 Å². The largest absolute Gasteiger partial charge is 0.419 e. The van der Waals surface area contributed by atoms with Crippen LogP contribution in [-0.2, 0) is 11.0 Å². The van der Waals surface area contributed by atoms with Crippen LogP contribution in [0.1, 0.15) is 15.9 Å². The Balaban J connectivity index is 1.51. The molecule has 0 saturated carbocycles. The average molecular weight is 500 g/mol. The van der Waals surface area contributed by atoms with Crippen LogP contribution < -0.4 is 15.5 Å². The maximum Gasteiger partial charge on any atom is 0.419 e. The molecular formula is C20H14ClF4N5O2S. The predicted octanol–water partition coefficient (Wildman–Crippen LogP) is 4.20. The van der Waals surface area contributed by atoms with E-state index in [0.717, 1.165) is 17.4 Å². The zero-order valence-electron chi connectivity index (χ0n) is 16.5. The number of rotatable bonds is 4. The maximum absolute atomic E-state index is 14.4. The number of nitrogens with zero attached hydrogens (tertiary/aromatic N) is 3. The van der Waals surface area contributed by atoms with Gasteiger partial charge in [-0.15, -0.1) is 11.3 Å². The van der Waals surface area contributed by atoms with Crippen molar-refractivity contribution in [2.45, 2.75) is 6.18 Å². The van der Waals surface area contributed by atoms with E-state index in [1.807, 2.05) is 0 Å². The Morgan fingerprint density at radius 1 is 1.30 bits per heavy atom. The molecule has 0 atom stereocenters. The van der Waals surface area contributed by atoms with Gasteiger partial charge in [0.1, 0.15) is 11.6 Å². The summed E-state index contributed by atoms with van der Waals surface area (Å²) in [4.78, 5) is 34.0. The van der Waals surface area contributed by atoms with Crippen molar-refractivity contribution in [1.29, 1.82) is 0 Å². The number of benzene rings is 1. The molecule has 0 unspecified atom stereocenters. The van der Waals surface area contributed by atoms with Gasteiger partial charge in [-0.1, -0.05) is 17.7 Å². The number of pyridine rings is 1. The van der Waals surface area contributed by atoms with Crippen molar-refractivity contribution in [2.75, 3.05) is 29.9 Å². The first-order chi connectivity index (χ1) is 15.6. The molecule has 2 aromatic heterocycles. The Hall–Kier alpha value is -3.25. The molecule has 0 bridgehead atoms. The molecule has 4 rings (SSSR count). The highest BCUT2D eigenvalue weighted by Gasteiger charge is 2.35. The van der Waals surface area contributed by atoms with E-state index < -0.39 is 23.5 Å². The summed E-state index contributed by atoms with van der Waals surface area (Å²) in [5.41, 5.74) is -1.67. The Labute approximate surface area is 193 Å². The van der Waals surface area contributed by atoms with Gasteiger partial charge in [-0.3, -0.25) is 14.9 Å². The molecule has 0 aliphatic carbocycles. The summed E-state index contributed by atoms with van der Waals surface area (Å²) in [7, 11) is 0. The number of aromatic nitrogens is 2. The van der Waals surface area contributed by atoms with Gasteiger partial charge in [0, 0.05) is 30.2 Å². The Morgan fingerprint density at radius 3 is 2.79 bits per heavy atom. The number of alkyl halides is 3. The monoisotopic (exact) mass is 499 g/mol. The number of carbonyl (C=O) groups excluding carboxylic acids is 2. The summed E-state index contributed by atoms with van der Waals surface area (Å²) in [6.45, 7) is 1.04. The van der Waals surface area contributed by atoms with Gasteiger partial charge in [-0.05, 0) is 18.2 Å². The summed E-state index contributed by atoms with van der Waals surface area (Å²) in [6, 6.07) is 4.28. The number of hydrogen-bond acceptors (Lipinski definition) is 6. The third kappa shape index (κ3) is 4.91. The fraction of sp³-hybridized carbons (Fsp3) is 0.200. The van der Waals surface area contributed by atoms with E-state index in [1.54, 1.807) is 4.90 Å². The highest BCUT2D eigenvalue weighted by Crippen LogP contribution is 2.36. The average Bonchev–Trinajstić information content (AvgIpc) is 3.21. The normalized spacial score (nSPS) is 14.2. The predicted molar refractivity (Wildman–Crippen MR) is 115 cm³/mol. The smallest absolute Gasteiger partial charge is 0.353 e. The van der Waals surface area contributed by atoms with Crippen LogP contribution in [0.2, 0.25) is 5.02 Å². The second-order valence-corrected chi connectivity index (χ2v) is 8.22. The SMILES string of the molecule is O=C1CN(c2ncc(C(=O)Nc3nc(-c4cccc(C(F)(F)F)c4F)cs3)cc2Cl)CCN1. The van der Waals surface area contributed by atoms with Crippen molar-refractivity contribution in [1.82, 2.24) is 15.3 Å². The van der Waals surface area contributed by atoms with Crippen molar-refractivity contribution in [3.05, 3.63) is 57.8 Å². The van der Waals surface area contributed by atoms with Gasteiger partial charge < -0.3 is 10.2 Å². The fourth-order valence-electron chi connectivity index (χ4n) is 3.18. The van der Waals surface area contributed by atoms with Crippen LogP contribution in [-0.4, -0.2) is 41.4 Å². The number of halogens is 5. The topological polar surface area (TPSA) is 87.2 Å². The van der Waals surface area contributed by atoms with Gasteiger partial charge in [0.15, 0.2) is 5.13 Å². The van der Waals surface area contributed by atoms with E-state index in [1.165, 1.54) is 23.7 Å². The standard InChI is InChI=1S/C20H14ClF4N5O2S/c21-13-6-10(7-27-17(13)30-5-4-26-15(31)8-30)18(32)29-19-28-14(9-33-19)11-2-1-3-12(16(11)22)20(23,24)25/h1-3,6-7,9H,4-5,8H2,(H,26,31)(H,28,29,32). The molecule has 2 N–H and O–H groups in total. The third-order valence-corrected chi connectivity index (χ3v) is 5.76. The molecule has 1 saturated heterocycles. The van der Waals surface area contributed by atoms with E-state index in [4.69, 9.17) is 11.6 Å². The zero-order valence-corrected chi connectivity index (χ0v) is 18.1. The van der Waals surface area contributed by atoms with Crippen molar-refractivity contribution < 1.29 is 27.2 Å². The highest BCUT2D eigenvalue weighted by atomic mass is 35.5. The molecule has 1 aromatic carbocycles. The van der Waals surface area contributed by atoms with Gasteiger partial charge in [0.05, 0.1) is 28.4 Å². The second kappa shape index (κ2) is 8.94. The summed E-state index contributed by atoms with van der Waals surface area (Å²) < 4.78 is 53.2. The number of amides is 2. The lowest BCUT2D eigenvalue weighted by Gasteiger charge is -2.28. The van der Waals surface area contributed by atoms with Crippen LogP contribution in [0.15, 0.2) is 35.8 Å². The fourth-order valence-corrected chi connectivity index (χ4v) is 4.17. The third-order valence-electron chi connectivity index (χ3n) is 4.73. The molecule has 0 spiro atoms. The Kier molecular flexibility index (Phi) is 6.21. The number of piperazine rings is 1. The van der Waals surface area contributed by atoms with Crippen molar-refractivity contribution in [3.63, 3.8) is 0 Å². The van der Waals surface area contributed by atoms with Crippen molar-refractivity contribution in [3.8, 4) is 11.3 Å². The molecule has 13 heteroatoms. The van der Waals surface area contributed by atoms with E-state index in [9.17, 15) is 27.2 Å². The van der Waals surface area contributed by atoms with E-state index in [0.29, 0.717) is 25.0 Å². The molecule has 172 valence electrons. The minimum atomic E-state index is -4.84. The quantitative estimate of drug-likeness (QED) is 0.525. The van der Waals surface area contributed by atoms with E-state index >= 15 is 0 Å². The number of hydrogen-bond donors (Lipinski definition) is 2. The van der Waals surface area contributed by atoms with Crippen LogP contribution in [0.25, 0.3) is 11.3 Å². The minimum absolute atomic E-state index is 0.0474. The molecule has 1 aliphatic rings. The van der Waals surface area contributed by atoms with Crippen LogP contribution in [0.3, 0.4) is 0 Å². The number of nitrogens with one attached hydrogen (secondary N) is 2. The Bertz CT molecular complexity index is 1230. The van der Waals surface area contributed by atoms with E-state index in [-0.39, 0.29) is 39.4 Å². The first-order valence-corrected chi connectivity index (χ1v) is 10.7. The van der Waals surface area contributed by atoms with Crippen molar-refractivity contribution >= 4 is 45.7 Å². The van der Waals surface area contributed by atoms with Crippen LogP contribution in [0, 0.1) is 5.82 Å². The first kappa shape index (κ1) is 22.9. The molecule has 1 fully saturated rings. The molecular weight excluding hydrogens is 486 g/mol. The second-order valence-electron chi connectivity index (χ2n) is 6.96. The van der Waals surface area contributed by atoms with Crippen LogP contribution in [0.5, 0.6) is 0 Å². The van der Waals surface area contributed by atoms with Crippen LogP contribution >= 0.6 is 22.9 Å². The molecule has 3 aromatic rings. The summed E-state index contributed by atoms with van der Waals surface area (Å²) in [5.74, 6) is -1.86. The van der Waals surface area contributed by atoms with Gasteiger partial charge in [-0.2, -0.15) is 13.2 Å². The first-order valence-electron chi connectivity index (χ1n) is 9.43. The molecule has 2 amide bonds. The maximum atomic E-state index is 14.4. The lowest BCUT2D eigenvalue weighted by atomic mass is 10.1. The molecule has 0 radical (unpaired) electrons. The zero-order chi connectivity index (χ0) is 23.8. The number of thiazole rings is 1. The lowest BCUT2D eigenvalue weighted by molar-refractivity contribution is -0.139. The minimum Gasteiger partial charge on any atom is -0.353 e. The molecule has 7 nitrogen and oxygen atoms in total. The van der Waals surface area contributed by atoms with Gasteiger partial charge >= 0.3 is 6.18 Å². The summed E-state index contributed by atoms with van der Waals surface area (Å²) in [6.07, 6.45) is -3.56. The highest BCUT2D eigenvalue weighted by molar-refractivity contribution is 7.14. The van der Waals surface area contributed by atoms with Crippen molar-refractivity contribution in [2.24, 2.45) is 0 Å². The molecule has 1 aliphatic heterocycles. The lowest BCUT2D eigenvalue weighted by Crippen LogP contribution is -2.48. The number of anilines is 2. The number of carbonyl (C=O) groups is 2. The Morgan fingerprint density at radius 2 is 2.09 bits per heavy atom.